The van der Waals surface area contributed by atoms with Gasteiger partial charge in [0.15, 0.2) is 0 Å². The van der Waals surface area contributed by atoms with E-state index >= 15 is 0 Å². The summed E-state index contributed by atoms with van der Waals surface area (Å²) in [5, 5.41) is 19.9. The first-order valence-electron chi connectivity index (χ1n) is 8.12. The number of nitriles is 2. The van der Waals surface area contributed by atoms with Crippen LogP contribution in [0.25, 0.3) is 22.6 Å². The molecule has 0 saturated heterocycles. The molecule has 7 heteroatoms. The first kappa shape index (κ1) is 19.9. The average Bonchev–Trinajstić information content (AvgIpc) is 3.09. The minimum atomic E-state index is -0.139. The smallest absolute Gasteiger partial charge is 0.241 e. The molecule has 0 radical (unpaired) electrons. The third kappa shape index (κ3) is 3.73. The number of carbonyl (C=O) groups is 1. The van der Waals surface area contributed by atoms with Crippen molar-refractivity contribution in [1.29, 1.82) is 10.5 Å². The molecule has 0 aliphatic rings. The summed E-state index contributed by atoms with van der Waals surface area (Å²) >= 11 is 6.64. The summed E-state index contributed by atoms with van der Waals surface area (Å²) in [6.45, 7) is 0. The van der Waals surface area contributed by atoms with Crippen molar-refractivity contribution in [3.05, 3.63) is 63.8 Å². The SMILES string of the molecule is COc1ccc(C#N)cc1C=C(C#N)c1cn(C(=O)CBr)c2ccc(Br)cc12. The standard InChI is InChI=1S/C21H13Br2N3O2/c1-28-20-5-2-13(10-24)6-14(20)7-15(11-25)18-12-26(21(27)9-22)19-4-3-16(23)8-17(18)19/h2-8,12H,9H2,1H3. The Morgan fingerprint density at radius 1 is 1.25 bits per heavy atom. The molecule has 28 heavy (non-hydrogen) atoms. The van der Waals surface area contributed by atoms with Crippen LogP contribution in [0.1, 0.15) is 21.5 Å². The number of allylic oxidation sites excluding steroid dienone is 1. The van der Waals surface area contributed by atoms with Gasteiger partial charge in [-0.1, -0.05) is 31.9 Å². The number of carbonyl (C=O) groups excluding carboxylic acids is 1. The number of hydrogen-bond acceptors (Lipinski definition) is 4. The Balaban J connectivity index is 2.27. The van der Waals surface area contributed by atoms with E-state index in [2.05, 4.69) is 44.0 Å². The monoisotopic (exact) mass is 497 g/mol. The number of benzene rings is 2. The van der Waals surface area contributed by atoms with Crippen LogP contribution in [-0.2, 0) is 0 Å². The lowest BCUT2D eigenvalue weighted by atomic mass is 10.0. The molecule has 3 aromatic rings. The Hall–Kier alpha value is -2.87. The molecule has 0 aliphatic heterocycles. The third-order valence-corrected chi connectivity index (χ3v) is 5.19. The fourth-order valence-electron chi connectivity index (χ4n) is 2.93. The molecule has 2 aromatic carbocycles. The lowest BCUT2D eigenvalue weighted by Crippen LogP contribution is -2.09. The van der Waals surface area contributed by atoms with E-state index in [4.69, 9.17) is 4.74 Å². The Morgan fingerprint density at radius 2 is 2.04 bits per heavy atom. The Morgan fingerprint density at radius 3 is 2.68 bits per heavy atom. The Kier molecular flexibility index (Phi) is 5.99. The maximum Gasteiger partial charge on any atom is 0.241 e. The molecule has 0 saturated carbocycles. The van der Waals surface area contributed by atoms with Crippen molar-refractivity contribution in [2.45, 2.75) is 0 Å². The minimum Gasteiger partial charge on any atom is -0.496 e. The number of rotatable bonds is 4. The number of methoxy groups -OCH3 is 1. The molecule has 0 aliphatic carbocycles. The van der Waals surface area contributed by atoms with Gasteiger partial charge in [0.05, 0.1) is 41.2 Å². The maximum atomic E-state index is 12.3. The third-order valence-electron chi connectivity index (χ3n) is 4.22. The number of fused-ring (bicyclic) bond motifs is 1. The zero-order valence-electron chi connectivity index (χ0n) is 14.7. The van der Waals surface area contributed by atoms with Gasteiger partial charge in [0.25, 0.3) is 0 Å². The number of aromatic nitrogens is 1. The molecule has 0 N–H and O–H groups in total. The molecular weight excluding hydrogens is 486 g/mol. The zero-order valence-corrected chi connectivity index (χ0v) is 17.9. The molecule has 0 bridgehead atoms. The van der Waals surface area contributed by atoms with Crippen molar-refractivity contribution in [3.8, 4) is 17.9 Å². The van der Waals surface area contributed by atoms with Crippen molar-refractivity contribution in [1.82, 2.24) is 4.57 Å². The predicted molar refractivity (Wildman–Crippen MR) is 115 cm³/mol. The highest BCUT2D eigenvalue weighted by Crippen LogP contribution is 2.32. The van der Waals surface area contributed by atoms with E-state index in [0.717, 1.165) is 9.86 Å². The largest absolute Gasteiger partial charge is 0.496 e. The minimum absolute atomic E-state index is 0.139. The fraction of sp³-hybridized carbons (Fsp3) is 0.0952. The first-order chi connectivity index (χ1) is 13.5. The van der Waals surface area contributed by atoms with Crippen LogP contribution in [0.4, 0.5) is 0 Å². The van der Waals surface area contributed by atoms with Crippen LogP contribution in [-0.4, -0.2) is 22.9 Å². The average molecular weight is 499 g/mol. The van der Waals surface area contributed by atoms with E-state index in [9.17, 15) is 15.3 Å². The summed E-state index contributed by atoms with van der Waals surface area (Å²) in [4.78, 5) is 12.3. The van der Waals surface area contributed by atoms with Crippen LogP contribution in [0.2, 0.25) is 0 Å². The molecule has 0 spiro atoms. The van der Waals surface area contributed by atoms with Gasteiger partial charge in [0.2, 0.25) is 5.91 Å². The number of ether oxygens (including phenoxy) is 1. The summed E-state index contributed by atoms with van der Waals surface area (Å²) in [6.07, 6.45) is 3.33. The second-order valence-corrected chi connectivity index (χ2v) is 7.32. The lowest BCUT2D eigenvalue weighted by molar-refractivity contribution is 0.0948. The summed E-state index contributed by atoms with van der Waals surface area (Å²) in [5.41, 5.74) is 2.77. The van der Waals surface area contributed by atoms with Gasteiger partial charge in [-0.05, 0) is 42.5 Å². The summed E-state index contributed by atoms with van der Waals surface area (Å²) in [6, 6.07) is 14.8. The van der Waals surface area contributed by atoms with Crippen molar-refractivity contribution in [2.24, 2.45) is 0 Å². The van der Waals surface area contributed by atoms with Gasteiger partial charge in [-0.15, -0.1) is 0 Å². The predicted octanol–water partition coefficient (Wildman–Crippen LogP) is 5.38. The fourth-order valence-corrected chi connectivity index (χ4v) is 3.56. The van der Waals surface area contributed by atoms with E-state index in [1.807, 2.05) is 18.2 Å². The number of halogens is 2. The van der Waals surface area contributed by atoms with E-state index < -0.39 is 0 Å². The maximum absolute atomic E-state index is 12.3. The number of nitrogens with zero attached hydrogens (tertiary/aromatic N) is 3. The molecule has 5 nitrogen and oxygen atoms in total. The normalized spacial score (nSPS) is 11.1. The molecule has 0 unspecified atom stereocenters. The van der Waals surface area contributed by atoms with Crippen molar-refractivity contribution >= 4 is 60.3 Å². The van der Waals surface area contributed by atoms with Crippen LogP contribution in [0.5, 0.6) is 5.75 Å². The van der Waals surface area contributed by atoms with Gasteiger partial charge in [-0.2, -0.15) is 10.5 Å². The Bertz CT molecular complexity index is 1200. The molecule has 3 rings (SSSR count). The van der Waals surface area contributed by atoms with Gasteiger partial charge in [-0.25, -0.2) is 0 Å². The van der Waals surface area contributed by atoms with Crippen LogP contribution in [0.3, 0.4) is 0 Å². The second kappa shape index (κ2) is 8.43. The van der Waals surface area contributed by atoms with Gasteiger partial charge < -0.3 is 4.74 Å². The van der Waals surface area contributed by atoms with Crippen LogP contribution in [0.15, 0.2) is 47.1 Å². The Labute approximate surface area is 178 Å². The topological polar surface area (TPSA) is 78.8 Å². The first-order valence-corrected chi connectivity index (χ1v) is 10.0. The van der Waals surface area contributed by atoms with Crippen LogP contribution < -0.4 is 4.74 Å². The zero-order chi connectivity index (χ0) is 20.3. The summed E-state index contributed by atoms with van der Waals surface area (Å²) in [5.74, 6) is 0.410. The van der Waals surface area contributed by atoms with E-state index in [1.54, 1.807) is 30.5 Å². The molecule has 0 fully saturated rings. The second-order valence-electron chi connectivity index (χ2n) is 5.84. The summed E-state index contributed by atoms with van der Waals surface area (Å²) < 4.78 is 7.72. The van der Waals surface area contributed by atoms with Crippen LogP contribution in [0, 0.1) is 22.7 Å². The molecule has 0 atom stereocenters. The van der Waals surface area contributed by atoms with Crippen molar-refractivity contribution in [2.75, 3.05) is 12.4 Å². The van der Waals surface area contributed by atoms with E-state index in [-0.39, 0.29) is 11.2 Å². The van der Waals surface area contributed by atoms with Gasteiger partial charge in [-0.3, -0.25) is 9.36 Å². The molecule has 1 heterocycles. The number of alkyl halides is 1. The van der Waals surface area contributed by atoms with Crippen LogP contribution >= 0.6 is 31.9 Å². The van der Waals surface area contributed by atoms with Crippen molar-refractivity contribution < 1.29 is 9.53 Å². The lowest BCUT2D eigenvalue weighted by Gasteiger charge is -2.06. The van der Waals surface area contributed by atoms with E-state index in [1.165, 1.54) is 11.7 Å². The van der Waals surface area contributed by atoms with Gasteiger partial charge in [0.1, 0.15) is 5.75 Å². The highest BCUT2D eigenvalue weighted by molar-refractivity contribution is 9.10. The van der Waals surface area contributed by atoms with Gasteiger partial charge >= 0.3 is 0 Å². The molecule has 138 valence electrons. The number of hydrogen-bond donors (Lipinski definition) is 0. The highest BCUT2D eigenvalue weighted by Gasteiger charge is 2.17. The molecule has 0 amide bonds. The van der Waals surface area contributed by atoms with Gasteiger partial charge in [0, 0.05) is 27.2 Å². The molecular formula is C21H13Br2N3O2. The van der Waals surface area contributed by atoms with E-state index in [0.29, 0.717) is 33.5 Å². The van der Waals surface area contributed by atoms with Crippen molar-refractivity contribution in [3.63, 3.8) is 0 Å². The summed E-state index contributed by atoms with van der Waals surface area (Å²) in [7, 11) is 1.53. The highest BCUT2D eigenvalue weighted by atomic mass is 79.9. The molecule has 1 aromatic heterocycles. The quantitative estimate of drug-likeness (QED) is 0.357.